The van der Waals surface area contributed by atoms with Gasteiger partial charge in [0.1, 0.15) is 0 Å². The molecule has 0 aromatic rings. The summed E-state index contributed by atoms with van der Waals surface area (Å²) in [6, 6.07) is 4.01. The van der Waals surface area contributed by atoms with Crippen molar-refractivity contribution in [3.63, 3.8) is 0 Å². The minimum atomic E-state index is -1.43. The third-order valence-corrected chi connectivity index (χ3v) is 22.7. The zero-order chi connectivity index (χ0) is 28.6. The number of allylic oxidation sites excluding steroid dienone is 5. The molecule has 0 aromatic carbocycles. The molecular weight excluding hydrogens is 541 g/mol. The third kappa shape index (κ3) is 13.2. The summed E-state index contributed by atoms with van der Waals surface area (Å²) < 4.78 is 12.6. The van der Waals surface area contributed by atoms with Crippen LogP contribution in [0, 0.1) is 35.5 Å². The molecule has 39 heavy (non-hydrogen) atoms. The maximum absolute atomic E-state index is 6.67. The SMILES string of the molecule is C.C=CC1CC2C=CC1C2.CCC[Si](C)(C)O[SiH](C)C.CCC[Si](C)(C)O[Si](C)(C)CCC1CC2C=CC1C2. The van der Waals surface area contributed by atoms with E-state index in [2.05, 4.69) is 103 Å². The quantitative estimate of drug-likeness (QED) is 0.162. The van der Waals surface area contributed by atoms with Crippen LogP contribution in [0.3, 0.4) is 0 Å². The topological polar surface area (TPSA) is 18.5 Å². The molecule has 0 aliphatic heterocycles. The Bertz CT molecular complexity index is 774. The van der Waals surface area contributed by atoms with Gasteiger partial charge in [-0.3, -0.25) is 0 Å². The van der Waals surface area contributed by atoms with Gasteiger partial charge >= 0.3 is 0 Å². The summed E-state index contributed by atoms with van der Waals surface area (Å²) in [5.74, 6) is 5.37. The van der Waals surface area contributed by atoms with Crippen LogP contribution < -0.4 is 0 Å². The van der Waals surface area contributed by atoms with Gasteiger partial charge in [0, 0.05) is 0 Å². The Kier molecular flexibility index (Phi) is 15.8. The summed E-state index contributed by atoms with van der Waals surface area (Å²) in [4.78, 5) is 0. The predicted octanol–water partition coefficient (Wildman–Crippen LogP) is 11.0. The van der Waals surface area contributed by atoms with Gasteiger partial charge in [0.25, 0.3) is 0 Å². The standard InChI is InChI=1S/C16H32OSi2.C9H12.C7H20OSi2.CH4/c1-6-10-18(2,3)17-19(4,5)11-9-16-13-14-7-8-15(16)12-14;1-2-8-5-7-3-4-9(8)6-7;1-6-7-10(4,5)8-9(2)3;/h7-8,14-16H,6,9-13H2,1-5H3;2-4,7-9H,1,5-6H2;9H,6-7H2,1-5H3;1H4. The normalized spacial score (nSPS) is 28.6. The van der Waals surface area contributed by atoms with Crippen LogP contribution in [-0.4, -0.2) is 34.0 Å². The molecule has 2 fully saturated rings. The van der Waals surface area contributed by atoms with Crippen LogP contribution >= 0.6 is 0 Å². The Balaban J connectivity index is 0.000000321. The van der Waals surface area contributed by atoms with Gasteiger partial charge in [0.05, 0.1) is 0 Å². The minimum Gasteiger partial charge on any atom is -0.458 e. The zero-order valence-electron chi connectivity index (χ0n) is 27.0. The largest absolute Gasteiger partial charge is 0.458 e. The fourth-order valence-corrected chi connectivity index (χ4v) is 23.5. The highest BCUT2D eigenvalue weighted by atomic mass is 28.4. The molecular formula is C33H68O2Si4. The molecule has 0 N–H and O–H groups in total. The Morgan fingerprint density at radius 2 is 1.26 bits per heavy atom. The second-order valence-electron chi connectivity index (χ2n) is 14.8. The second-order valence-corrected chi connectivity index (χ2v) is 30.7. The van der Waals surface area contributed by atoms with E-state index in [9.17, 15) is 0 Å². The van der Waals surface area contributed by atoms with Crippen LogP contribution in [0.5, 0.6) is 0 Å². The van der Waals surface area contributed by atoms with Gasteiger partial charge in [-0.05, 0) is 132 Å². The third-order valence-electron chi connectivity index (χ3n) is 8.98. The molecule has 0 aromatic heterocycles. The Hall–Kier alpha value is 0.00753. The highest BCUT2D eigenvalue weighted by Gasteiger charge is 2.38. The van der Waals surface area contributed by atoms with Gasteiger partial charge in [-0.25, -0.2) is 0 Å². The number of fused-ring (bicyclic) bond motifs is 4. The van der Waals surface area contributed by atoms with Crippen LogP contribution in [-0.2, 0) is 8.23 Å². The van der Waals surface area contributed by atoms with E-state index < -0.39 is 34.0 Å². The average molecular weight is 609 g/mol. The van der Waals surface area contributed by atoms with E-state index in [0.29, 0.717) is 0 Å². The summed E-state index contributed by atoms with van der Waals surface area (Å²) in [6.45, 7) is 27.2. The fraction of sp³-hybridized carbons (Fsp3) is 0.818. The molecule has 6 atom stereocenters. The predicted molar refractivity (Wildman–Crippen MR) is 188 cm³/mol. The first-order valence-electron chi connectivity index (χ1n) is 16.1. The first-order valence-corrected chi connectivity index (χ1v) is 28.2. The summed E-state index contributed by atoms with van der Waals surface area (Å²) in [7, 11) is -4.79. The molecule has 4 rings (SSSR count). The maximum atomic E-state index is 6.67. The van der Waals surface area contributed by atoms with Crippen molar-refractivity contribution in [2.45, 2.75) is 137 Å². The van der Waals surface area contributed by atoms with Crippen molar-refractivity contribution >= 4 is 34.0 Å². The number of rotatable bonds is 12. The Morgan fingerprint density at radius 1 is 0.744 bits per heavy atom. The lowest BCUT2D eigenvalue weighted by molar-refractivity contribution is 0.421. The monoisotopic (exact) mass is 608 g/mol. The summed E-state index contributed by atoms with van der Waals surface area (Å²) >= 11 is 0. The van der Waals surface area contributed by atoms with Crippen molar-refractivity contribution in [3.05, 3.63) is 37.0 Å². The first kappa shape index (κ1) is 37.0. The van der Waals surface area contributed by atoms with Crippen molar-refractivity contribution in [2.75, 3.05) is 0 Å². The van der Waals surface area contributed by atoms with E-state index in [1.165, 1.54) is 63.1 Å². The van der Waals surface area contributed by atoms with Gasteiger partial charge in [-0.1, -0.05) is 70.9 Å². The molecule has 2 nitrogen and oxygen atoms in total. The lowest BCUT2D eigenvalue weighted by atomic mass is 9.91. The van der Waals surface area contributed by atoms with Gasteiger partial charge in [0.2, 0.25) is 0 Å². The highest BCUT2D eigenvalue weighted by Crippen LogP contribution is 2.46. The minimum absolute atomic E-state index is 0. The van der Waals surface area contributed by atoms with Gasteiger partial charge < -0.3 is 8.23 Å². The van der Waals surface area contributed by atoms with E-state index in [-0.39, 0.29) is 7.43 Å². The number of hydrogen-bond donors (Lipinski definition) is 0. The Labute approximate surface area is 250 Å². The van der Waals surface area contributed by atoms with Crippen molar-refractivity contribution in [2.24, 2.45) is 35.5 Å². The van der Waals surface area contributed by atoms with E-state index in [4.69, 9.17) is 8.23 Å². The van der Waals surface area contributed by atoms with Gasteiger partial charge in [0.15, 0.2) is 34.0 Å². The lowest BCUT2D eigenvalue weighted by Gasteiger charge is -2.35. The average Bonchev–Trinajstić information content (AvgIpc) is 3.58. The molecule has 4 bridgehead atoms. The molecule has 4 aliphatic rings. The van der Waals surface area contributed by atoms with Crippen molar-refractivity contribution in [3.8, 4) is 0 Å². The summed E-state index contributed by atoms with van der Waals surface area (Å²) in [5, 5.41) is 0. The van der Waals surface area contributed by atoms with Crippen molar-refractivity contribution in [1.29, 1.82) is 0 Å². The van der Waals surface area contributed by atoms with E-state index in [1.807, 2.05) is 0 Å². The van der Waals surface area contributed by atoms with Crippen LogP contribution in [0.2, 0.25) is 70.5 Å². The molecule has 4 aliphatic carbocycles. The van der Waals surface area contributed by atoms with E-state index >= 15 is 0 Å². The fourth-order valence-electron chi connectivity index (χ4n) is 7.60. The number of hydrogen-bond acceptors (Lipinski definition) is 2. The highest BCUT2D eigenvalue weighted by molar-refractivity contribution is 6.84. The van der Waals surface area contributed by atoms with Crippen LogP contribution in [0.1, 0.15) is 66.2 Å². The van der Waals surface area contributed by atoms with Gasteiger partial charge in [-0.15, -0.1) is 6.58 Å². The van der Waals surface area contributed by atoms with Crippen LogP contribution in [0.4, 0.5) is 0 Å². The molecule has 2 saturated carbocycles. The van der Waals surface area contributed by atoms with Crippen molar-refractivity contribution < 1.29 is 8.23 Å². The van der Waals surface area contributed by atoms with Gasteiger partial charge in [-0.2, -0.15) is 0 Å². The van der Waals surface area contributed by atoms with E-state index in [0.717, 1.165) is 35.5 Å². The molecule has 228 valence electrons. The zero-order valence-corrected chi connectivity index (χ0v) is 31.2. The van der Waals surface area contributed by atoms with Crippen molar-refractivity contribution in [1.82, 2.24) is 0 Å². The Morgan fingerprint density at radius 3 is 1.64 bits per heavy atom. The summed E-state index contributed by atoms with van der Waals surface area (Å²) in [6.07, 6.45) is 21.4. The van der Waals surface area contributed by atoms with E-state index in [1.54, 1.807) is 0 Å². The van der Waals surface area contributed by atoms with Crippen LogP contribution in [0.15, 0.2) is 37.0 Å². The molecule has 0 saturated heterocycles. The maximum Gasteiger partial charge on any atom is 0.173 e. The molecule has 0 heterocycles. The smallest absolute Gasteiger partial charge is 0.173 e. The molecule has 0 spiro atoms. The van der Waals surface area contributed by atoms with Crippen LogP contribution in [0.25, 0.3) is 0 Å². The second kappa shape index (κ2) is 16.6. The summed E-state index contributed by atoms with van der Waals surface area (Å²) in [5.41, 5.74) is 0. The molecule has 0 radical (unpaired) electrons. The molecule has 6 heteroatoms. The molecule has 0 amide bonds. The molecule has 6 unspecified atom stereocenters. The lowest BCUT2D eigenvalue weighted by Crippen LogP contribution is -2.44. The first-order chi connectivity index (χ1) is 17.7.